The Morgan fingerprint density at radius 2 is 2.16 bits per heavy atom. The Morgan fingerprint density at radius 3 is 2.63 bits per heavy atom. The normalized spacial score (nSPS) is 27.9. The van der Waals surface area contributed by atoms with Crippen LogP contribution in [0.5, 0.6) is 0 Å². The van der Waals surface area contributed by atoms with E-state index >= 15 is 0 Å². The van der Waals surface area contributed by atoms with Gasteiger partial charge in [-0.1, -0.05) is 33.8 Å². The minimum atomic E-state index is -1.00. The third-order valence-corrected chi connectivity index (χ3v) is 6.37. The summed E-state index contributed by atoms with van der Waals surface area (Å²) in [5.74, 6) is 1.37. The monoisotopic (exact) mass is 302 g/mol. The van der Waals surface area contributed by atoms with E-state index in [-0.39, 0.29) is 11.5 Å². The Balaban J connectivity index is 3.15. The number of ether oxygens (including phenoxy) is 1. The molecule has 19 heavy (non-hydrogen) atoms. The fourth-order valence-electron chi connectivity index (χ4n) is 2.25. The highest BCUT2D eigenvalue weighted by atomic mass is 32.2. The lowest BCUT2D eigenvalue weighted by Gasteiger charge is -2.35. The second kappa shape index (κ2) is 8.28. The number of hydrogen-bond donors (Lipinski definition) is 0. The van der Waals surface area contributed by atoms with Gasteiger partial charge < -0.3 is 4.74 Å². The maximum Gasteiger partial charge on any atom is 0.138 e. The van der Waals surface area contributed by atoms with Crippen molar-refractivity contribution in [2.75, 3.05) is 5.75 Å². The standard InChI is InChI=1S/C15H26O2S2/c1-6-9-10-12-14(11(4)5)17-13(7-2)19(16)15(12)18-8-3/h6,11,13-14H,1,7-10H2,2-5H3/t13-,14-,19-/m1/s1. The fourth-order valence-corrected chi connectivity index (χ4v) is 5.30. The first-order valence-corrected chi connectivity index (χ1v) is 9.29. The molecule has 2 nitrogen and oxygen atoms in total. The molecule has 4 heteroatoms. The lowest BCUT2D eigenvalue weighted by atomic mass is 9.96. The summed E-state index contributed by atoms with van der Waals surface area (Å²) in [5.41, 5.74) is 1.10. The molecule has 0 spiro atoms. The van der Waals surface area contributed by atoms with Gasteiger partial charge in [-0.05, 0) is 36.5 Å². The smallest absolute Gasteiger partial charge is 0.138 e. The van der Waals surface area contributed by atoms with E-state index in [0.29, 0.717) is 5.92 Å². The second-order valence-electron chi connectivity index (χ2n) is 5.01. The van der Waals surface area contributed by atoms with E-state index in [1.165, 1.54) is 5.57 Å². The predicted molar refractivity (Wildman–Crippen MR) is 86.5 cm³/mol. The van der Waals surface area contributed by atoms with Crippen LogP contribution >= 0.6 is 11.8 Å². The topological polar surface area (TPSA) is 26.3 Å². The molecule has 110 valence electrons. The molecule has 0 N–H and O–H groups in total. The molecular weight excluding hydrogens is 276 g/mol. The molecule has 3 atom stereocenters. The Kier molecular flexibility index (Phi) is 7.40. The molecule has 0 saturated carbocycles. The molecule has 1 aliphatic rings. The van der Waals surface area contributed by atoms with Gasteiger partial charge in [-0.3, -0.25) is 4.21 Å². The molecule has 0 saturated heterocycles. The average molecular weight is 303 g/mol. The van der Waals surface area contributed by atoms with E-state index in [0.717, 1.165) is 29.3 Å². The van der Waals surface area contributed by atoms with Crippen LogP contribution < -0.4 is 0 Å². The van der Waals surface area contributed by atoms with Gasteiger partial charge in [0.15, 0.2) is 0 Å². The zero-order valence-electron chi connectivity index (χ0n) is 12.5. The zero-order valence-corrected chi connectivity index (χ0v) is 14.1. The van der Waals surface area contributed by atoms with Crippen molar-refractivity contribution in [3.05, 3.63) is 22.5 Å². The minimum absolute atomic E-state index is 0.108. The van der Waals surface area contributed by atoms with E-state index in [1.807, 2.05) is 13.0 Å². The quantitative estimate of drug-likeness (QED) is 0.650. The maximum atomic E-state index is 12.6. The third-order valence-electron chi connectivity index (χ3n) is 3.16. The highest BCUT2D eigenvalue weighted by molar-refractivity contribution is 8.16. The summed E-state index contributed by atoms with van der Waals surface area (Å²) in [6, 6.07) is 0. The summed E-state index contributed by atoms with van der Waals surface area (Å²) in [5, 5.41) is 0. The number of allylic oxidation sites excluding steroid dienone is 1. The number of hydrogen-bond acceptors (Lipinski definition) is 3. The second-order valence-corrected chi connectivity index (χ2v) is 8.07. The molecular formula is C15H26O2S2. The van der Waals surface area contributed by atoms with E-state index in [9.17, 15) is 4.21 Å². The van der Waals surface area contributed by atoms with Crippen molar-refractivity contribution >= 4 is 22.6 Å². The van der Waals surface area contributed by atoms with Crippen LogP contribution in [0, 0.1) is 5.92 Å². The highest BCUT2D eigenvalue weighted by Gasteiger charge is 2.35. The van der Waals surface area contributed by atoms with Crippen molar-refractivity contribution in [2.24, 2.45) is 5.92 Å². The SMILES string of the molecule is C=CCCC1=C(SCC)[S@](=O)[C@H](CC)O[C@@H]1C(C)C. The number of rotatable bonds is 7. The first kappa shape index (κ1) is 17.0. The first-order chi connectivity index (χ1) is 9.06. The Hall–Kier alpha value is -0.0600. The van der Waals surface area contributed by atoms with E-state index in [2.05, 4.69) is 27.4 Å². The maximum absolute atomic E-state index is 12.6. The van der Waals surface area contributed by atoms with Gasteiger partial charge in [0.25, 0.3) is 0 Å². The molecule has 0 aromatic carbocycles. The van der Waals surface area contributed by atoms with Crippen LogP contribution in [0.4, 0.5) is 0 Å². The average Bonchev–Trinajstić information content (AvgIpc) is 2.39. The van der Waals surface area contributed by atoms with Gasteiger partial charge in [0.1, 0.15) is 5.44 Å². The van der Waals surface area contributed by atoms with E-state index in [1.54, 1.807) is 11.8 Å². The van der Waals surface area contributed by atoms with Crippen molar-refractivity contribution in [1.29, 1.82) is 0 Å². The van der Waals surface area contributed by atoms with Gasteiger partial charge in [-0.15, -0.1) is 18.3 Å². The summed E-state index contributed by atoms with van der Waals surface area (Å²) in [7, 11) is -1.00. The Bertz CT molecular complexity index is 361. The van der Waals surface area contributed by atoms with Gasteiger partial charge in [0.05, 0.1) is 21.1 Å². The van der Waals surface area contributed by atoms with Crippen LogP contribution in [-0.4, -0.2) is 21.5 Å². The molecule has 0 radical (unpaired) electrons. The van der Waals surface area contributed by atoms with Crippen molar-refractivity contribution in [1.82, 2.24) is 0 Å². The van der Waals surface area contributed by atoms with Crippen LogP contribution in [0.2, 0.25) is 0 Å². The van der Waals surface area contributed by atoms with E-state index < -0.39 is 10.8 Å². The summed E-state index contributed by atoms with van der Waals surface area (Å²) < 4.78 is 19.7. The van der Waals surface area contributed by atoms with Crippen LogP contribution in [0.25, 0.3) is 0 Å². The fraction of sp³-hybridized carbons (Fsp3) is 0.733. The molecule has 0 bridgehead atoms. The van der Waals surface area contributed by atoms with Gasteiger partial charge >= 0.3 is 0 Å². The predicted octanol–water partition coefficient (Wildman–Crippen LogP) is 4.46. The Labute approximate surface area is 124 Å². The summed E-state index contributed by atoms with van der Waals surface area (Å²) in [6.45, 7) is 12.3. The molecule has 0 aliphatic carbocycles. The zero-order chi connectivity index (χ0) is 14.4. The van der Waals surface area contributed by atoms with Crippen molar-refractivity contribution in [2.45, 2.75) is 58.5 Å². The van der Waals surface area contributed by atoms with Crippen LogP contribution in [0.15, 0.2) is 22.5 Å². The Morgan fingerprint density at radius 1 is 1.47 bits per heavy atom. The highest BCUT2D eigenvalue weighted by Crippen LogP contribution is 2.39. The molecule has 1 rings (SSSR count). The van der Waals surface area contributed by atoms with Gasteiger partial charge in [-0.2, -0.15) is 0 Å². The van der Waals surface area contributed by atoms with Crippen molar-refractivity contribution in [3.63, 3.8) is 0 Å². The summed E-state index contributed by atoms with van der Waals surface area (Å²) >= 11 is 1.72. The van der Waals surface area contributed by atoms with E-state index in [4.69, 9.17) is 4.74 Å². The van der Waals surface area contributed by atoms with Crippen molar-refractivity contribution in [3.8, 4) is 0 Å². The first-order valence-electron chi connectivity index (χ1n) is 7.09. The molecule has 0 aromatic heterocycles. The summed E-state index contributed by atoms with van der Waals surface area (Å²) in [6.07, 6.45) is 4.67. The molecule has 1 heterocycles. The lowest BCUT2D eigenvalue weighted by Crippen LogP contribution is -2.36. The summed E-state index contributed by atoms with van der Waals surface area (Å²) in [4.78, 5) is 0. The largest absolute Gasteiger partial charge is 0.357 e. The van der Waals surface area contributed by atoms with Crippen molar-refractivity contribution < 1.29 is 8.95 Å². The van der Waals surface area contributed by atoms with Crippen LogP contribution in [0.3, 0.4) is 0 Å². The lowest BCUT2D eigenvalue weighted by molar-refractivity contribution is 0.0212. The van der Waals surface area contributed by atoms with Gasteiger partial charge in [0, 0.05) is 0 Å². The van der Waals surface area contributed by atoms with Crippen LogP contribution in [-0.2, 0) is 15.5 Å². The third kappa shape index (κ3) is 4.20. The molecule has 0 aromatic rings. The van der Waals surface area contributed by atoms with Crippen LogP contribution in [0.1, 0.15) is 47.0 Å². The molecule has 1 aliphatic heterocycles. The van der Waals surface area contributed by atoms with Gasteiger partial charge in [-0.25, -0.2) is 0 Å². The molecule has 0 amide bonds. The van der Waals surface area contributed by atoms with Gasteiger partial charge in [0.2, 0.25) is 0 Å². The minimum Gasteiger partial charge on any atom is -0.357 e. The number of thioether (sulfide) groups is 1. The molecule has 0 unspecified atom stereocenters. The molecule has 0 fully saturated rings.